The predicted molar refractivity (Wildman–Crippen MR) is 65.3 cm³/mol. The van der Waals surface area contributed by atoms with Gasteiger partial charge in [-0.3, -0.25) is 0 Å². The maximum atomic E-state index is 5.84. The SMILES string of the molecule is Cc1nnsc1Oc1ccccc1C(C)C. The standard InChI is InChI=1S/C12H14N2OS/c1-8(2)10-6-4-5-7-11(10)15-12-9(3)13-14-16-12/h4-8H,1-3H3. The predicted octanol–water partition coefficient (Wildman–Crippen LogP) is 3.76. The molecule has 1 aromatic heterocycles. The fourth-order valence-corrected chi connectivity index (χ4v) is 2.01. The molecule has 0 spiro atoms. The van der Waals surface area contributed by atoms with Crippen molar-refractivity contribution in [3.63, 3.8) is 0 Å². The van der Waals surface area contributed by atoms with Crippen molar-refractivity contribution in [2.45, 2.75) is 26.7 Å². The molecule has 16 heavy (non-hydrogen) atoms. The Labute approximate surface area is 99.3 Å². The van der Waals surface area contributed by atoms with Crippen LogP contribution in [0.5, 0.6) is 10.8 Å². The molecule has 0 aliphatic carbocycles. The molecule has 0 unspecified atom stereocenters. The third-order valence-corrected chi connectivity index (χ3v) is 3.06. The smallest absolute Gasteiger partial charge is 0.223 e. The van der Waals surface area contributed by atoms with Gasteiger partial charge in [-0.25, -0.2) is 0 Å². The zero-order chi connectivity index (χ0) is 11.5. The second-order valence-corrected chi connectivity index (χ2v) is 4.66. The number of rotatable bonds is 3. The molecular weight excluding hydrogens is 220 g/mol. The molecule has 2 rings (SSSR count). The van der Waals surface area contributed by atoms with Gasteiger partial charge in [-0.05, 0) is 24.5 Å². The first-order chi connectivity index (χ1) is 7.68. The van der Waals surface area contributed by atoms with Crippen LogP contribution in [-0.2, 0) is 0 Å². The molecule has 0 saturated heterocycles. The van der Waals surface area contributed by atoms with Crippen LogP contribution in [0.25, 0.3) is 0 Å². The fraction of sp³-hybridized carbons (Fsp3) is 0.333. The third kappa shape index (κ3) is 2.22. The maximum Gasteiger partial charge on any atom is 0.223 e. The molecule has 4 heteroatoms. The van der Waals surface area contributed by atoms with E-state index in [1.54, 1.807) is 0 Å². The first-order valence-electron chi connectivity index (χ1n) is 5.24. The molecule has 0 fully saturated rings. The minimum Gasteiger partial charge on any atom is -0.443 e. The van der Waals surface area contributed by atoms with Gasteiger partial charge in [0, 0.05) is 11.5 Å². The fourth-order valence-electron chi connectivity index (χ4n) is 1.47. The summed E-state index contributed by atoms with van der Waals surface area (Å²) in [7, 11) is 0. The molecule has 0 saturated carbocycles. The largest absolute Gasteiger partial charge is 0.443 e. The lowest BCUT2D eigenvalue weighted by atomic mass is 10.0. The van der Waals surface area contributed by atoms with E-state index in [4.69, 9.17) is 4.74 Å². The minimum atomic E-state index is 0.442. The van der Waals surface area contributed by atoms with Gasteiger partial charge in [0.15, 0.2) is 0 Å². The maximum absolute atomic E-state index is 5.84. The Morgan fingerprint density at radius 1 is 1.25 bits per heavy atom. The summed E-state index contributed by atoms with van der Waals surface area (Å²) in [6.45, 7) is 6.21. The van der Waals surface area contributed by atoms with Gasteiger partial charge in [0.1, 0.15) is 11.4 Å². The van der Waals surface area contributed by atoms with Crippen LogP contribution in [0, 0.1) is 6.92 Å². The van der Waals surface area contributed by atoms with E-state index in [0.717, 1.165) is 16.5 Å². The molecule has 3 nitrogen and oxygen atoms in total. The van der Waals surface area contributed by atoms with Gasteiger partial charge in [0.2, 0.25) is 5.06 Å². The number of benzene rings is 1. The molecule has 0 aliphatic rings. The zero-order valence-electron chi connectivity index (χ0n) is 9.60. The van der Waals surface area contributed by atoms with Gasteiger partial charge in [0.25, 0.3) is 0 Å². The summed E-state index contributed by atoms with van der Waals surface area (Å²) in [5.41, 5.74) is 2.04. The van der Waals surface area contributed by atoms with Crippen LogP contribution in [0.4, 0.5) is 0 Å². The van der Waals surface area contributed by atoms with Gasteiger partial charge in [-0.2, -0.15) is 0 Å². The van der Waals surface area contributed by atoms with Crippen molar-refractivity contribution in [2.24, 2.45) is 0 Å². The number of ether oxygens (including phenoxy) is 1. The molecule has 0 amide bonds. The van der Waals surface area contributed by atoms with Gasteiger partial charge in [-0.1, -0.05) is 36.5 Å². The van der Waals surface area contributed by atoms with Crippen LogP contribution in [0.15, 0.2) is 24.3 Å². The molecule has 84 valence electrons. The quantitative estimate of drug-likeness (QED) is 0.811. The van der Waals surface area contributed by atoms with Gasteiger partial charge < -0.3 is 4.74 Å². The summed E-state index contributed by atoms with van der Waals surface area (Å²) in [5, 5.41) is 4.70. The van der Waals surface area contributed by atoms with E-state index >= 15 is 0 Å². The molecule has 2 aromatic rings. The second kappa shape index (κ2) is 4.61. The molecule has 0 bridgehead atoms. The van der Waals surface area contributed by atoms with Crippen LogP contribution in [0.1, 0.15) is 31.0 Å². The lowest BCUT2D eigenvalue weighted by Crippen LogP contribution is -1.93. The molecule has 1 heterocycles. The van der Waals surface area contributed by atoms with Crippen molar-refractivity contribution >= 4 is 11.5 Å². The first-order valence-corrected chi connectivity index (χ1v) is 6.01. The van der Waals surface area contributed by atoms with Gasteiger partial charge in [-0.15, -0.1) is 5.10 Å². The van der Waals surface area contributed by atoms with Crippen LogP contribution in [-0.4, -0.2) is 9.59 Å². The van der Waals surface area contributed by atoms with Crippen LogP contribution in [0.2, 0.25) is 0 Å². The van der Waals surface area contributed by atoms with Crippen molar-refractivity contribution < 1.29 is 4.74 Å². The summed E-state index contributed by atoms with van der Waals surface area (Å²) in [4.78, 5) is 0. The Morgan fingerprint density at radius 3 is 2.62 bits per heavy atom. The van der Waals surface area contributed by atoms with E-state index in [9.17, 15) is 0 Å². The van der Waals surface area contributed by atoms with Crippen molar-refractivity contribution in [1.29, 1.82) is 0 Å². The van der Waals surface area contributed by atoms with Crippen molar-refractivity contribution in [1.82, 2.24) is 9.59 Å². The Bertz CT molecular complexity index is 479. The highest BCUT2D eigenvalue weighted by Crippen LogP contribution is 2.32. The van der Waals surface area contributed by atoms with Gasteiger partial charge >= 0.3 is 0 Å². The van der Waals surface area contributed by atoms with Gasteiger partial charge in [0.05, 0.1) is 0 Å². The monoisotopic (exact) mass is 234 g/mol. The van der Waals surface area contributed by atoms with Crippen molar-refractivity contribution in [3.8, 4) is 10.8 Å². The summed E-state index contributed by atoms with van der Waals surface area (Å²) in [6.07, 6.45) is 0. The molecule has 0 radical (unpaired) electrons. The van der Waals surface area contributed by atoms with Crippen molar-refractivity contribution in [3.05, 3.63) is 35.5 Å². The first kappa shape index (κ1) is 11.1. The second-order valence-electron chi connectivity index (χ2n) is 3.94. The zero-order valence-corrected chi connectivity index (χ0v) is 10.4. The van der Waals surface area contributed by atoms with Crippen LogP contribution in [0.3, 0.4) is 0 Å². The molecular formula is C12H14N2OS. The minimum absolute atomic E-state index is 0.442. The van der Waals surface area contributed by atoms with Crippen LogP contribution < -0.4 is 4.74 Å². The van der Waals surface area contributed by atoms with E-state index in [-0.39, 0.29) is 0 Å². The average molecular weight is 234 g/mol. The van der Waals surface area contributed by atoms with Crippen molar-refractivity contribution in [2.75, 3.05) is 0 Å². The van der Waals surface area contributed by atoms with E-state index in [1.807, 2.05) is 25.1 Å². The van der Waals surface area contributed by atoms with Crippen LogP contribution >= 0.6 is 11.5 Å². The average Bonchev–Trinajstić information content (AvgIpc) is 2.65. The number of hydrogen-bond donors (Lipinski definition) is 0. The number of aryl methyl sites for hydroxylation is 1. The summed E-state index contributed by atoms with van der Waals surface area (Å²) < 4.78 is 9.69. The Morgan fingerprint density at radius 2 is 2.00 bits per heavy atom. The van der Waals surface area contributed by atoms with E-state index in [1.165, 1.54) is 17.1 Å². The Hall–Kier alpha value is -1.42. The Kier molecular flexibility index (Phi) is 3.19. The number of hydrogen-bond acceptors (Lipinski definition) is 4. The Balaban J connectivity index is 2.31. The summed E-state index contributed by atoms with van der Waals surface area (Å²) in [5.74, 6) is 1.34. The number of aromatic nitrogens is 2. The topological polar surface area (TPSA) is 35.0 Å². The highest BCUT2D eigenvalue weighted by atomic mass is 32.1. The number of para-hydroxylation sites is 1. The van der Waals surface area contributed by atoms with E-state index in [0.29, 0.717) is 5.92 Å². The highest BCUT2D eigenvalue weighted by molar-refractivity contribution is 7.07. The lowest BCUT2D eigenvalue weighted by molar-refractivity contribution is 0.481. The lowest BCUT2D eigenvalue weighted by Gasteiger charge is -2.11. The normalized spacial score (nSPS) is 10.8. The summed E-state index contributed by atoms with van der Waals surface area (Å²) in [6, 6.07) is 8.07. The molecule has 0 N–H and O–H groups in total. The molecule has 0 aliphatic heterocycles. The van der Waals surface area contributed by atoms with E-state index in [2.05, 4.69) is 29.5 Å². The molecule has 0 atom stereocenters. The third-order valence-electron chi connectivity index (χ3n) is 2.35. The summed E-state index contributed by atoms with van der Waals surface area (Å²) >= 11 is 1.28. The highest BCUT2D eigenvalue weighted by Gasteiger charge is 2.10. The van der Waals surface area contributed by atoms with E-state index < -0.39 is 0 Å². The molecule has 1 aromatic carbocycles. The number of nitrogens with zero attached hydrogens (tertiary/aromatic N) is 2.